The molecule has 1 unspecified atom stereocenters. The summed E-state index contributed by atoms with van der Waals surface area (Å²) in [6.45, 7) is 3.75. The van der Waals surface area contributed by atoms with Crippen molar-refractivity contribution in [3.8, 4) is 0 Å². The van der Waals surface area contributed by atoms with Gasteiger partial charge >= 0.3 is 0 Å². The molecule has 1 saturated heterocycles. The molecular weight excluding hydrogens is 231 g/mol. The molecule has 3 nitrogen and oxygen atoms in total. The number of hydrogen-bond donors (Lipinski definition) is 1. The third-order valence-electron chi connectivity index (χ3n) is 3.81. The Morgan fingerprint density at radius 3 is 2.67 bits per heavy atom. The summed E-state index contributed by atoms with van der Waals surface area (Å²) in [6, 6.07) is 6.88. The number of halogens is 1. The van der Waals surface area contributed by atoms with Gasteiger partial charge in [-0.05, 0) is 50.6 Å². The fourth-order valence-corrected chi connectivity index (χ4v) is 2.55. The van der Waals surface area contributed by atoms with E-state index < -0.39 is 0 Å². The molecule has 18 heavy (non-hydrogen) atoms. The number of carbonyl (C=O) groups excluding carboxylic acids is 1. The molecule has 1 aliphatic rings. The molecule has 1 atom stereocenters. The lowest BCUT2D eigenvalue weighted by atomic mass is 9.94. The van der Waals surface area contributed by atoms with Gasteiger partial charge in [-0.15, -0.1) is 0 Å². The van der Waals surface area contributed by atoms with Crippen molar-refractivity contribution in [3.05, 3.63) is 35.6 Å². The van der Waals surface area contributed by atoms with Gasteiger partial charge in [0.2, 0.25) is 5.91 Å². The summed E-state index contributed by atoms with van der Waals surface area (Å²) in [5, 5.41) is 0. The van der Waals surface area contributed by atoms with Crippen LogP contribution in [0.4, 0.5) is 4.39 Å². The number of carbonyl (C=O) groups is 1. The van der Waals surface area contributed by atoms with E-state index in [1.54, 1.807) is 12.1 Å². The van der Waals surface area contributed by atoms with E-state index in [0.29, 0.717) is 0 Å². The zero-order chi connectivity index (χ0) is 13.1. The number of piperidine rings is 1. The average molecular weight is 250 g/mol. The first kappa shape index (κ1) is 13.0. The first-order chi connectivity index (χ1) is 8.58. The van der Waals surface area contributed by atoms with Crippen LogP contribution in [-0.4, -0.2) is 23.9 Å². The number of rotatable bonds is 3. The van der Waals surface area contributed by atoms with Gasteiger partial charge in [0.05, 0.1) is 0 Å². The van der Waals surface area contributed by atoms with Gasteiger partial charge in [0.1, 0.15) is 5.82 Å². The van der Waals surface area contributed by atoms with E-state index in [-0.39, 0.29) is 23.7 Å². The SMILES string of the molecule is CC(c1cccc(F)c1)N1CCC(C(N)=O)CC1. The molecule has 2 N–H and O–H groups in total. The van der Waals surface area contributed by atoms with Crippen LogP contribution in [0.5, 0.6) is 0 Å². The first-order valence-electron chi connectivity index (χ1n) is 6.37. The van der Waals surface area contributed by atoms with Crippen LogP contribution < -0.4 is 5.73 Å². The largest absolute Gasteiger partial charge is 0.369 e. The Hall–Kier alpha value is -1.42. The maximum absolute atomic E-state index is 13.2. The maximum atomic E-state index is 13.2. The highest BCUT2D eigenvalue weighted by Crippen LogP contribution is 2.26. The van der Waals surface area contributed by atoms with E-state index in [2.05, 4.69) is 11.8 Å². The molecule has 1 aliphatic heterocycles. The second-order valence-corrected chi connectivity index (χ2v) is 4.94. The zero-order valence-electron chi connectivity index (χ0n) is 10.6. The Bertz CT molecular complexity index is 428. The predicted molar refractivity (Wildman–Crippen MR) is 68.3 cm³/mol. The van der Waals surface area contributed by atoms with Crippen LogP contribution in [0.25, 0.3) is 0 Å². The number of benzene rings is 1. The number of hydrogen-bond acceptors (Lipinski definition) is 2. The Morgan fingerprint density at radius 1 is 1.44 bits per heavy atom. The van der Waals surface area contributed by atoms with Gasteiger partial charge in [-0.2, -0.15) is 0 Å². The molecule has 0 aromatic heterocycles. The number of nitrogens with zero attached hydrogens (tertiary/aromatic N) is 1. The number of primary amides is 1. The van der Waals surface area contributed by atoms with Crippen molar-refractivity contribution in [1.29, 1.82) is 0 Å². The number of likely N-dealkylation sites (tertiary alicyclic amines) is 1. The van der Waals surface area contributed by atoms with E-state index in [9.17, 15) is 9.18 Å². The van der Waals surface area contributed by atoms with Crippen molar-refractivity contribution in [3.63, 3.8) is 0 Å². The molecule has 1 heterocycles. The summed E-state index contributed by atoms with van der Waals surface area (Å²) in [5.74, 6) is -0.402. The Morgan fingerprint density at radius 2 is 2.11 bits per heavy atom. The lowest BCUT2D eigenvalue weighted by molar-refractivity contribution is -0.123. The van der Waals surface area contributed by atoms with Crippen LogP contribution >= 0.6 is 0 Å². The third kappa shape index (κ3) is 2.88. The van der Waals surface area contributed by atoms with Crippen molar-refractivity contribution >= 4 is 5.91 Å². The van der Waals surface area contributed by atoms with Gasteiger partial charge in [-0.1, -0.05) is 12.1 Å². The fraction of sp³-hybridized carbons (Fsp3) is 0.500. The molecule has 1 fully saturated rings. The minimum absolute atomic E-state index is 0.000888. The van der Waals surface area contributed by atoms with Gasteiger partial charge in [-0.3, -0.25) is 9.69 Å². The molecule has 98 valence electrons. The van der Waals surface area contributed by atoms with Gasteiger partial charge in [-0.25, -0.2) is 4.39 Å². The third-order valence-corrected chi connectivity index (χ3v) is 3.81. The lowest BCUT2D eigenvalue weighted by Gasteiger charge is -2.35. The molecule has 0 spiro atoms. The van der Waals surface area contributed by atoms with E-state index in [1.807, 2.05) is 6.07 Å². The van der Waals surface area contributed by atoms with Gasteiger partial charge < -0.3 is 5.73 Å². The number of nitrogens with two attached hydrogens (primary N) is 1. The van der Waals surface area contributed by atoms with E-state index in [0.717, 1.165) is 31.5 Å². The second-order valence-electron chi connectivity index (χ2n) is 4.94. The van der Waals surface area contributed by atoms with Crippen molar-refractivity contribution in [2.75, 3.05) is 13.1 Å². The van der Waals surface area contributed by atoms with Crippen molar-refractivity contribution in [1.82, 2.24) is 4.90 Å². The molecule has 2 rings (SSSR count). The molecule has 4 heteroatoms. The smallest absolute Gasteiger partial charge is 0.220 e. The molecule has 1 amide bonds. The van der Waals surface area contributed by atoms with Gasteiger partial charge in [0, 0.05) is 12.0 Å². The van der Waals surface area contributed by atoms with Crippen molar-refractivity contribution < 1.29 is 9.18 Å². The molecule has 0 aliphatic carbocycles. The second kappa shape index (κ2) is 5.48. The number of amides is 1. The van der Waals surface area contributed by atoms with Crippen LogP contribution in [0.15, 0.2) is 24.3 Å². The van der Waals surface area contributed by atoms with Crippen LogP contribution in [0, 0.1) is 11.7 Å². The topological polar surface area (TPSA) is 46.3 Å². The normalized spacial score (nSPS) is 19.7. The molecule has 0 bridgehead atoms. The summed E-state index contributed by atoms with van der Waals surface area (Å²) in [6.07, 6.45) is 1.60. The van der Waals surface area contributed by atoms with Crippen molar-refractivity contribution in [2.45, 2.75) is 25.8 Å². The Balaban J connectivity index is 1.99. The summed E-state index contributed by atoms with van der Waals surface area (Å²) >= 11 is 0. The maximum Gasteiger partial charge on any atom is 0.220 e. The minimum atomic E-state index is -0.202. The Labute approximate surface area is 107 Å². The quantitative estimate of drug-likeness (QED) is 0.892. The average Bonchev–Trinajstić information content (AvgIpc) is 2.38. The van der Waals surface area contributed by atoms with Gasteiger partial charge in [0.25, 0.3) is 0 Å². The lowest BCUT2D eigenvalue weighted by Crippen LogP contribution is -2.39. The van der Waals surface area contributed by atoms with E-state index in [4.69, 9.17) is 5.73 Å². The molecule has 0 radical (unpaired) electrons. The summed E-state index contributed by atoms with van der Waals surface area (Å²) in [4.78, 5) is 13.4. The fourth-order valence-electron chi connectivity index (χ4n) is 2.55. The highest BCUT2D eigenvalue weighted by atomic mass is 19.1. The highest BCUT2D eigenvalue weighted by molar-refractivity contribution is 5.76. The summed E-state index contributed by atoms with van der Waals surface area (Å²) < 4.78 is 13.2. The van der Waals surface area contributed by atoms with Gasteiger partial charge in [0.15, 0.2) is 0 Å². The predicted octanol–water partition coefficient (Wildman–Crippen LogP) is 2.08. The van der Waals surface area contributed by atoms with E-state index in [1.165, 1.54) is 6.07 Å². The molecular formula is C14H19FN2O. The van der Waals surface area contributed by atoms with E-state index >= 15 is 0 Å². The van der Waals surface area contributed by atoms with Crippen molar-refractivity contribution in [2.24, 2.45) is 11.7 Å². The standard InChI is InChI=1S/C14H19FN2O/c1-10(12-3-2-4-13(15)9-12)17-7-5-11(6-8-17)14(16)18/h2-4,9-11H,5-8H2,1H3,(H2,16,18). The zero-order valence-corrected chi connectivity index (χ0v) is 10.6. The van der Waals surface area contributed by atoms with Crippen LogP contribution in [0.1, 0.15) is 31.4 Å². The summed E-state index contributed by atoms with van der Waals surface area (Å²) in [7, 11) is 0. The van der Waals surface area contributed by atoms with Crippen LogP contribution in [0.3, 0.4) is 0 Å². The van der Waals surface area contributed by atoms with Crippen LogP contribution in [0.2, 0.25) is 0 Å². The molecule has 0 saturated carbocycles. The minimum Gasteiger partial charge on any atom is -0.369 e. The summed E-state index contributed by atoms with van der Waals surface area (Å²) in [5.41, 5.74) is 6.29. The van der Waals surface area contributed by atoms with Crippen LogP contribution in [-0.2, 0) is 4.79 Å². The Kier molecular flexibility index (Phi) is 3.97. The molecule has 1 aromatic rings. The first-order valence-corrected chi connectivity index (χ1v) is 6.37. The highest BCUT2D eigenvalue weighted by Gasteiger charge is 2.26. The monoisotopic (exact) mass is 250 g/mol. The molecule has 1 aromatic carbocycles.